The number of urea groups is 1. The number of hydrogen-bond donors (Lipinski definition) is 2. The van der Waals surface area contributed by atoms with Crippen molar-refractivity contribution in [2.24, 2.45) is 5.92 Å². The summed E-state index contributed by atoms with van der Waals surface area (Å²) >= 11 is 0. The number of carbonyl (C=O) groups is 2. The lowest BCUT2D eigenvalue weighted by molar-refractivity contribution is -0.133. The van der Waals surface area contributed by atoms with Crippen molar-refractivity contribution in [2.75, 3.05) is 19.5 Å². The van der Waals surface area contributed by atoms with Gasteiger partial charge >= 0.3 is 6.03 Å². The molecule has 1 unspecified atom stereocenters. The van der Waals surface area contributed by atoms with Gasteiger partial charge in [-0.1, -0.05) is 44.2 Å². The zero-order chi connectivity index (χ0) is 19.8. The molecule has 0 aliphatic rings. The van der Waals surface area contributed by atoms with Crippen molar-refractivity contribution >= 4 is 17.6 Å². The second kappa shape index (κ2) is 9.62. The van der Waals surface area contributed by atoms with E-state index in [1.165, 1.54) is 0 Å². The molecule has 0 bridgehead atoms. The highest BCUT2D eigenvalue weighted by Gasteiger charge is 2.27. The summed E-state index contributed by atoms with van der Waals surface area (Å²) in [5.41, 5.74) is 1.67. The zero-order valence-electron chi connectivity index (χ0n) is 16.2. The van der Waals surface area contributed by atoms with Crippen LogP contribution in [-0.2, 0) is 11.3 Å². The Morgan fingerprint density at radius 2 is 1.67 bits per heavy atom. The van der Waals surface area contributed by atoms with Crippen LogP contribution in [0.3, 0.4) is 0 Å². The summed E-state index contributed by atoms with van der Waals surface area (Å²) in [5, 5.41) is 5.54. The molecule has 0 heterocycles. The largest absolute Gasteiger partial charge is 0.497 e. The Labute approximate surface area is 160 Å². The Morgan fingerprint density at radius 1 is 1.04 bits per heavy atom. The minimum absolute atomic E-state index is 0.0441. The molecule has 27 heavy (non-hydrogen) atoms. The second-order valence-corrected chi connectivity index (χ2v) is 6.73. The molecule has 0 radical (unpaired) electrons. The Balaban J connectivity index is 1.98. The third kappa shape index (κ3) is 6.02. The number of hydrogen-bond acceptors (Lipinski definition) is 3. The van der Waals surface area contributed by atoms with Gasteiger partial charge in [-0.25, -0.2) is 4.79 Å². The lowest BCUT2D eigenvalue weighted by Gasteiger charge is -2.27. The predicted octanol–water partition coefficient (Wildman–Crippen LogP) is 3.50. The fourth-order valence-corrected chi connectivity index (χ4v) is 2.66. The SMILES string of the molecule is COc1ccc(CN(C)C(=O)C(NC(=O)Nc2ccccc2)C(C)C)cc1. The van der Waals surface area contributed by atoms with Gasteiger partial charge in [0.2, 0.25) is 5.91 Å². The highest BCUT2D eigenvalue weighted by molar-refractivity contribution is 5.93. The summed E-state index contributed by atoms with van der Waals surface area (Å²) in [6.07, 6.45) is 0. The van der Waals surface area contributed by atoms with Crippen LogP contribution in [0.2, 0.25) is 0 Å². The fourth-order valence-electron chi connectivity index (χ4n) is 2.66. The molecule has 0 aromatic heterocycles. The average Bonchev–Trinajstić information content (AvgIpc) is 2.66. The van der Waals surface area contributed by atoms with Crippen molar-refractivity contribution in [2.45, 2.75) is 26.4 Å². The number of carbonyl (C=O) groups excluding carboxylic acids is 2. The van der Waals surface area contributed by atoms with E-state index in [4.69, 9.17) is 4.74 Å². The first kappa shape index (κ1) is 20.3. The van der Waals surface area contributed by atoms with E-state index in [1.54, 1.807) is 31.2 Å². The van der Waals surface area contributed by atoms with Crippen LogP contribution in [0.25, 0.3) is 0 Å². The molecule has 0 saturated heterocycles. The van der Waals surface area contributed by atoms with Gasteiger partial charge in [-0.3, -0.25) is 4.79 Å². The van der Waals surface area contributed by atoms with Crippen LogP contribution < -0.4 is 15.4 Å². The van der Waals surface area contributed by atoms with E-state index in [-0.39, 0.29) is 11.8 Å². The summed E-state index contributed by atoms with van der Waals surface area (Å²) in [5.74, 6) is 0.591. The second-order valence-electron chi connectivity index (χ2n) is 6.73. The van der Waals surface area contributed by atoms with Crippen molar-refractivity contribution in [3.8, 4) is 5.75 Å². The molecule has 1 atom stereocenters. The number of nitrogens with zero attached hydrogens (tertiary/aromatic N) is 1. The number of para-hydroxylation sites is 1. The van der Waals surface area contributed by atoms with Gasteiger partial charge in [0, 0.05) is 19.3 Å². The van der Waals surface area contributed by atoms with Gasteiger partial charge in [0.1, 0.15) is 11.8 Å². The fraction of sp³-hybridized carbons (Fsp3) is 0.333. The number of ether oxygens (including phenoxy) is 1. The molecule has 3 amide bonds. The molecule has 2 aromatic rings. The van der Waals surface area contributed by atoms with E-state index < -0.39 is 12.1 Å². The van der Waals surface area contributed by atoms with Crippen molar-refractivity contribution in [1.82, 2.24) is 10.2 Å². The van der Waals surface area contributed by atoms with Gasteiger partial charge in [-0.15, -0.1) is 0 Å². The lowest BCUT2D eigenvalue weighted by Crippen LogP contribution is -2.51. The van der Waals surface area contributed by atoms with E-state index in [1.807, 2.05) is 56.3 Å². The van der Waals surface area contributed by atoms with E-state index >= 15 is 0 Å². The minimum Gasteiger partial charge on any atom is -0.497 e. The Morgan fingerprint density at radius 3 is 2.22 bits per heavy atom. The summed E-state index contributed by atoms with van der Waals surface area (Å²) in [6, 6.07) is 15.7. The first-order valence-electron chi connectivity index (χ1n) is 8.91. The number of anilines is 1. The Hall–Kier alpha value is -3.02. The predicted molar refractivity (Wildman–Crippen MR) is 107 cm³/mol. The molecule has 0 saturated carbocycles. The summed E-state index contributed by atoms with van der Waals surface area (Å²) in [7, 11) is 3.35. The number of benzene rings is 2. The highest BCUT2D eigenvalue weighted by Crippen LogP contribution is 2.14. The van der Waals surface area contributed by atoms with E-state index in [0.717, 1.165) is 11.3 Å². The van der Waals surface area contributed by atoms with Gasteiger partial charge in [-0.05, 0) is 35.7 Å². The van der Waals surface area contributed by atoms with E-state index in [2.05, 4.69) is 10.6 Å². The van der Waals surface area contributed by atoms with Crippen molar-refractivity contribution in [1.29, 1.82) is 0 Å². The lowest BCUT2D eigenvalue weighted by atomic mass is 10.0. The van der Waals surface area contributed by atoms with Crippen LogP contribution in [0.1, 0.15) is 19.4 Å². The van der Waals surface area contributed by atoms with Crippen molar-refractivity contribution in [3.05, 3.63) is 60.2 Å². The Kier molecular flexibility index (Phi) is 7.23. The normalized spacial score (nSPS) is 11.6. The summed E-state index contributed by atoms with van der Waals surface area (Å²) in [6.45, 7) is 4.27. The maximum atomic E-state index is 12.9. The standard InChI is InChI=1S/C21H27N3O3/c1-15(2)19(23-21(26)22-17-8-6-5-7-9-17)20(25)24(3)14-16-10-12-18(27-4)13-11-16/h5-13,15,19H,14H2,1-4H3,(H2,22,23,26). The van der Waals surface area contributed by atoms with Crippen LogP contribution in [0.5, 0.6) is 5.75 Å². The molecule has 144 valence electrons. The molecule has 2 rings (SSSR count). The molecule has 0 aliphatic heterocycles. The van der Waals surface area contributed by atoms with Crippen molar-refractivity contribution < 1.29 is 14.3 Å². The van der Waals surface area contributed by atoms with E-state index in [0.29, 0.717) is 12.2 Å². The molecule has 6 nitrogen and oxygen atoms in total. The molecule has 0 fully saturated rings. The van der Waals surface area contributed by atoms with Crippen LogP contribution in [0, 0.1) is 5.92 Å². The third-order valence-corrected chi connectivity index (χ3v) is 4.21. The van der Waals surface area contributed by atoms with Gasteiger partial charge in [0.25, 0.3) is 0 Å². The highest BCUT2D eigenvalue weighted by atomic mass is 16.5. The molecule has 2 aromatic carbocycles. The molecule has 6 heteroatoms. The maximum Gasteiger partial charge on any atom is 0.319 e. The monoisotopic (exact) mass is 369 g/mol. The first-order valence-corrected chi connectivity index (χ1v) is 8.91. The minimum atomic E-state index is -0.614. The van der Waals surface area contributed by atoms with Crippen LogP contribution in [0.4, 0.5) is 10.5 Å². The topological polar surface area (TPSA) is 70.7 Å². The van der Waals surface area contributed by atoms with Crippen LogP contribution in [0.15, 0.2) is 54.6 Å². The molecular formula is C21H27N3O3. The first-order chi connectivity index (χ1) is 12.9. The quantitative estimate of drug-likeness (QED) is 0.785. The van der Waals surface area contributed by atoms with Crippen LogP contribution >= 0.6 is 0 Å². The zero-order valence-corrected chi connectivity index (χ0v) is 16.2. The summed E-state index contributed by atoms with van der Waals surface area (Å²) < 4.78 is 5.15. The average molecular weight is 369 g/mol. The third-order valence-electron chi connectivity index (χ3n) is 4.21. The number of methoxy groups -OCH3 is 1. The van der Waals surface area contributed by atoms with Gasteiger partial charge in [-0.2, -0.15) is 0 Å². The van der Waals surface area contributed by atoms with Gasteiger partial charge in [0.15, 0.2) is 0 Å². The Bertz CT molecular complexity index is 745. The molecule has 0 spiro atoms. The smallest absolute Gasteiger partial charge is 0.319 e. The van der Waals surface area contributed by atoms with Gasteiger partial charge < -0.3 is 20.3 Å². The van der Waals surface area contributed by atoms with Gasteiger partial charge in [0.05, 0.1) is 7.11 Å². The van der Waals surface area contributed by atoms with Crippen molar-refractivity contribution in [3.63, 3.8) is 0 Å². The van der Waals surface area contributed by atoms with E-state index in [9.17, 15) is 9.59 Å². The summed E-state index contributed by atoms with van der Waals surface area (Å²) in [4.78, 5) is 26.8. The molecular weight excluding hydrogens is 342 g/mol. The number of amides is 3. The number of rotatable bonds is 7. The molecule has 2 N–H and O–H groups in total. The molecule has 0 aliphatic carbocycles. The maximum absolute atomic E-state index is 12.9. The number of likely N-dealkylation sites (N-methyl/N-ethyl adjacent to an activating group) is 1. The van der Waals surface area contributed by atoms with Crippen LogP contribution in [-0.4, -0.2) is 37.0 Å². The number of nitrogens with one attached hydrogen (secondary N) is 2.